The largest absolute Gasteiger partial charge is 0.375 e. The summed E-state index contributed by atoms with van der Waals surface area (Å²) in [6, 6.07) is 9.31. The quantitative estimate of drug-likeness (QED) is 0.391. The summed E-state index contributed by atoms with van der Waals surface area (Å²) in [7, 11) is 1.87. The smallest absolute Gasteiger partial charge is 0.193 e. The average molecular weight is 500 g/mol. The summed E-state index contributed by atoms with van der Waals surface area (Å²) in [4.78, 5) is 9.34. The first-order chi connectivity index (χ1) is 13.3. The van der Waals surface area contributed by atoms with Crippen molar-refractivity contribution >= 4 is 35.6 Å². The van der Waals surface area contributed by atoms with Crippen LogP contribution in [-0.2, 0) is 15.9 Å². The van der Waals surface area contributed by atoms with E-state index in [9.17, 15) is 0 Å². The Balaban J connectivity index is 0.00000225. The average Bonchev–Trinajstić information content (AvgIpc) is 3.33. The lowest BCUT2D eigenvalue weighted by molar-refractivity contribution is -0.0816. The van der Waals surface area contributed by atoms with Crippen LogP contribution in [0.25, 0.3) is 0 Å². The Bertz CT molecular complexity index is 666. The van der Waals surface area contributed by atoms with E-state index >= 15 is 0 Å². The molecule has 0 bridgehead atoms. The van der Waals surface area contributed by atoms with E-state index in [-0.39, 0.29) is 36.2 Å². The van der Waals surface area contributed by atoms with Crippen molar-refractivity contribution in [3.63, 3.8) is 0 Å². The molecule has 7 heteroatoms. The maximum atomic E-state index is 5.97. The van der Waals surface area contributed by atoms with Crippen LogP contribution in [0.5, 0.6) is 0 Å². The number of ether oxygens (including phenoxy) is 2. The number of halogens is 1. The van der Waals surface area contributed by atoms with E-state index in [0.29, 0.717) is 6.04 Å². The third kappa shape index (κ3) is 4.74. The Morgan fingerprint density at radius 2 is 2.04 bits per heavy atom. The van der Waals surface area contributed by atoms with Gasteiger partial charge in [0.05, 0.1) is 12.7 Å². The zero-order chi connectivity index (χ0) is 18.6. The summed E-state index contributed by atoms with van der Waals surface area (Å²) >= 11 is 0. The van der Waals surface area contributed by atoms with E-state index in [0.717, 1.165) is 64.6 Å². The minimum Gasteiger partial charge on any atom is -0.375 e. The van der Waals surface area contributed by atoms with Crippen molar-refractivity contribution in [2.75, 3.05) is 51.3 Å². The second-order valence-corrected chi connectivity index (χ2v) is 7.76. The van der Waals surface area contributed by atoms with E-state index in [1.807, 2.05) is 7.05 Å². The van der Waals surface area contributed by atoms with Gasteiger partial charge < -0.3 is 24.6 Å². The highest BCUT2D eigenvalue weighted by Crippen LogP contribution is 2.31. The van der Waals surface area contributed by atoms with Gasteiger partial charge in [0.25, 0.3) is 0 Å². The molecule has 3 heterocycles. The van der Waals surface area contributed by atoms with Crippen molar-refractivity contribution in [2.24, 2.45) is 4.99 Å². The number of fused-ring (bicyclic) bond motifs is 1. The highest BCUT2D eigenvalue weighted by Gasteiger charge is 2.32. The van der Waals surface area contributed by atoms with E-state index < -0.39 is 0 Å². The van der Waals surface area contributed by atoms with Gasteiger partial charge in [0.2, 0.25) is 0 Å². The molecule has 0 aromatic heterocycles. The first-order valence-corrected chi connectivity index (χ1v) is 10.3. The van der Waals surface area contributed by atoms with Crippen molar-refractivity contribution in [1.29, 1.82) is 0 Å². The van der Waals surface area contributed by atoms with Crippen molar-refractivity contribution < 1.29 is 9.47 Å². The predicted octanol–water partition coefficient (Wildman–Crippen LogP) is 2.51. The summed E-state index contributed by atoms with van der Waals surface area (Å²) in [6.07, 6.45) is 3.79. The van der Waals surface area contributed by atoms with Gasteiger partial charge in [-0.15, -0.1) is 24.0 Å². The number of morpholine rings is 1. The molecule has 0 saturated carbocycles. The molecule has 0 spiro atoms. The van der Waals surface area contributed by atoms with Gasteiger partial charge in [-0.3, -0.25) is 4.99 Å². The lowest BCUT2D eigenvalue weighted by Gasteiger charge is -2.37. The second kappa shape index (κ2) is 10.1. The van der Waals surface area contributed by atoms with Gasteiger partial charge in [-0.2, -0.15) is 0 Å². The van der Waals surface area contributed by atoms with Gasteiger partial charge in [0, 0.05) is 51.6 Å². The van der Waals surface area contributed by atoms with Crippen molar-refractivity contribution in [1.82, 2.24) is 10.2 Å². The van der Waals surface area contributed by atoms with E-state index in [4.69, 9.17) is 9.47 Å². The Hall–Kier alpha value is -1.06. The van der Waals surface area contributed by atoms with Crippen molar-refractivity contribution in [3.8, 4) is 0 Å². The lowest BCUT2D eigenvalue weighted by Crippen LogP contribution is -2.54. The van der Waals surface area contributed by atoms with Gasteiger partial charge in [0.15, 0.2) is 5.96 Å². The summed E-state index contributed by atoms with van der Waals surface area (Å²) in [5.41, 5.74) is 2.84. The molecule has 0 amide bonds. The molecule has 2 fully saturated rings. The number of guanidine groups is 1. The van der Waals surface area contributed by atoms with Gasteiger partial charge in [-0.1, -0.05) is 18.2 Å². The number of aliphatic imine (C=N–C) groups is 1. The second-order valence-electron chi connectivity index (χ2n) is 7.76. The molecule has 0 radical (unpaired) electrons. The number of nitrogens with zero attached hydrogens (tertiary/aromatic N) is 3. The third-order valence-corrected chi connectivity index (χ3v) is 5.97. The minimum absolute atomic E-state index is 0. The Morgan fingerprint density at radius 1 is 1.21 bits per heavy atom. The van der Waals surface area contributed by atoms with Crippen LogP contribution in [0.2, 0.25) is 0 Å². The zero-order valence-electron chi connectivity index (χ0n) is 17.0. The molecule has 28 heavy (non-hydrogen) atoms. The molecular formula is C21H33IN4O2. The maximum Gasteiger partial charge on any atom is 0.193 e. The molecule has 2 saturated heterocycles. The monoisotopic (exact) mass is 500 g/mol. The molecule has 1 aromatic carbocycles. The number of para-hydroxylation sites is 1. The number of benzene rings is 1. The summed E-state index contributed by atoms with van der Waals surface area (Å²) in [5.74, 6) is 0.974. The summed E-state index contributed by atoms with van der Waals surface area (Å²) < 4.78 is 11.8. The first kappa shape index (κ1) is 21.6. The van der Waals surface area contributed by atoms with Gasteiger partial charge in [-0.25, -0.2) is 0 Å². The fraction of sp³-hybridized carbons (Fsp3) is 0.667. The molecule has 156 valence electrons. The highest BCUT2D eigenvalue weighted by atomic mass is 127. The zero-order valence-corrected chi connectivity index (χ0v) is 19.3. The fourth-order valence-corrected chi connectivity index (χ4v) is 4.58. The molecule has 3 atom stereocenters. The highest BCUT2D eigenvalue weighted by molar-refractivity contribution is 14.0. The molecule has 3 unspecified atom stereocenters. The fourth-order valence-electron chi connectivity index (χ4n) is 4.58. The molecule has 6 nitrogen and oxygen atoms in total. The molecular weight excluding hydrogens is 467 g/mol. The number of rotatable bonds is 4. The molecule has 3 aliphatic heterocycles. The standard InChI is InChI=1S/C21H32N4O2.HI/c1-16-14-17-6-3-4-7-18(17)25(16)10-9-23-21(22-2)24-11-13-27-20(15-24)19-8-5-12-26-19;/h3-4,6-7,16,19-20H,5,8-15H2,1-2H3,(H,22,23);1H. The predicted molar refractivity (Wildman–Crippen MR) is 124 cm³/mol. The maximum absolute atomic E-state index is 5.97. The Morgan fingerprint density at radius 3 is 2.82 bits per heavy atom. The van der Waals surface area contributed by atoms with E-state index in [1.54, 1.807) is 0 Å². The number of hydrogen-bond acceptors (Lipinski definition) is 4. The molecule has 1 aromatic rings. The van der Waals surface area contributed by atoms with Crippen LogP contribution in [0.3, 0.4) is 0 Å². The molecule has 0 aliphatic carbocycles. The normalized spacial score (nSPS) is 27.5. The SMILES string of the molecule is CN=C(NCCN1c2ccccc2CC1C)N1CCOC(C2CCCO2)C1.I. The third-order valence-electron chi connectivity index (χ3n) is 5.97. The Labute approximate surface area is 185 Å². The minimum atomic E-state index is 0. The van der Waals surface area contributed by atoms with Gasteiger partial charge in [0.1, 0.15) is 6.10 Å². The van der Waals surface area contributed by atoms with Crippen LogP contribution in [0.4, 0.5) is 5.69 Å². The van der Waals surface area contributed by atoms with Crippen LogP contribution < -0.4 is 10.2 Å². The summed E-state index contributed by atoms with van der Waals surface area (Å²) in [6.45, 7) is 7.51. The lowest BCUT2D eigenvalue weighted by atomic mass is 10.1. The number of anilines is 1. The summed E-state index contributed by atoms with van der Waals surface area (Å²) in [5, 5.41) is 3.57. The molecule has 1 N–H and O–H groups in total. The van der Waals surface area contributed by atoms with Crippen molar-refractivity contribution in [2.45, 2.75) is 44.4 Å². The van der Waals surface area contributed by atoms with E-state index in [2.05, 4.69) is 51.3 Å². The molecule has 3 aliphatic rings. The van der Waals surface area contributed by atoms with Crippen LogP contribution in [0.15, 0.2) is 29.3 Å². The topological polar surface area (TPSA) is 49.3 Å². The Kier molecular flexibility index (Phi) is 7.82. The van der Waals surface area contributed by atoms with Gasteiger partial charge in [-0.05, 0) is 37.8 Å². The first-order valence-electron chi connectivity index (χ1n) is 10.3. The number of nitrogens with one attached hydrogen (secondary N) is 1. The molecule has 4 rings (SSSR count). The van der Waals surface area contributed by atoms with Crippen LogP contribution in [0, 0.1) is 0 Å². The van der Waals surface area contributed by atoms with Crippen LogP contribution >= 0.6 is 24.0 Å². The van der Waals surface area contributed by atoms with E-state index in [1.165, 1.54) is 11.3 Å². The van der Waals surface area contributed by atoms with Crippen molar-refractivity contribution in [3.05, 3.63) is 29.8 Å². The van der Waals surface area contributed by atoms with Gasteiger partial charge >= 0.3 is 0 Å². The van der Waals surface area contributed by atoms with Crippen LogP contribution in [-0.4, -0.2) is 75.5 Å². The number of hydrogen-bond donors (Lipinski definition) is 1. The van der Waals surface area contributed by atoms with Crippen LogP contribution in [0.1, 0.15) is 25.3 Å².